The second-order valence-corrected chi connectivity index (χ2v) is 13.9. The molecule has 0 radical (unpaired) electrons. The van der Waals surface area contributed by atoms with Gasteiger partial charge in [-0.1, -0.05) is 103 Å². The zero-order chi connectivity index (χ0) is 33.6. The molecular formula is C37H32AgBF4N4PS+. The van der Waals surface area contributed by atoms with Crippen molar-refractivity contribution in [3.63, 3.8) is 0 Å². The molecule has 5 aromatic carbocycles. The monoisotopic (exact) mass is 789 g/mol. The summed E-state index contributed by atoms with van der Waals surface area (Å²) in [7, 11) is -6.88. The van der Waals surface area contributed by atoms with Gasteiger partial charge in [0, 0.05) is 40.1 Å². The summed E-state index contributed by atoms with van der Waals surface area (Å²) in [4.78, 5) is 2.41. The van der Waals surface area contributed by atoms with Gasteiger partial charge in [0.25, 0.3) is 0 Å². The largest absolute Gasteiger partial charge is 1.00 e. The first-order valence-electron chi connectivity index (χ1n) is 15.1. The Morgan fingerprint density at radius 1 is 0.510 bits per heavy atom. The molecule has 0 aliphatic carbocycles. The quantitative estimate of drug-likeness (QED) is 0.0878. The predicted octanol–water partition coefficient (Wildman–Crippen LogP) is 8.80. The number of benzene rings is 5. The number of hydrogen-bond acceptors (Lipinski definition) is 3. The van der Waals surface area contributed by atoms with E-state index in [0.29, 0.717) is 0 Å². The first-order valence-corrected chi connectivity index (χ1v) is 17.4. The fourth-order valence-corrected chi connectivity index (χ4v) is 8.54. The van der Waals surface area contributed by atoms with Crippen molar-refractivity contribution < 1.29 is 39.6 Å². The van der Waals surface area contributed by atoms with E-state index in [1.54, 1.807) is 24.2 Å². The summed E-state index contributed by atoms with van der Waals surface area (Å²) in [6.45, 7) is 0. The average Bonchev–Trinajstić information content (AvgIpc) is 3.84. The van der Waals surface area contributed by atoms with Crippen molar-refractivity contribution >= 4 is 42.9 Å². The van der Waals surface area contributed by atoms with Gasteiger partial charge < -0.3 is 17.3 Å². The van der Waals surface area contributed by atoms with Crippen LogP contribution in [0.4, 0.5) is 17.3 Å². The molecule has 0 aliphatic rings. The van der Waals surface area contributed by atoms with Crippen LogP contribution < -0.4 is 15.9 Å². The van der Waals surface area contributed by atoms with Crippen LogP contribution >= 0.6 is 19.7 Å². The molecule has 0 amide bonds. The molecule has 252 valence electrons. The first kappa shape index (κ1) is 37.6. The molecule has 0 unspecified atom stereocenters. The van der Waals surface area contributed by atoms with Crippen LogP contribution in [0.3, 0.4) is 0 Å². The van der Waals surface area contributed by atoms with Gasteiger partial charge in [-0.3, -0.25) is 0 Å². The van der Waals surface area contributed by atoms with Gasteiger partial charge in [-0.15, -0.1) is 0 Å². The van der Waals surface area contributed by atoms with E-state index in [1.807, 2.05) is 40.0 Å². The number of hydrogen-bond donors (Lipinski definition) is 0. The molecule has 4 nitrogen and oxygen atoms in total. The number of aromatic nitrogens is 4. The molecule has 12 heteroatoms. The Morgan fingerprint density at radius 3 is 1.27 bits per heavy atom. The van der Waals surface area contributed by atoms with E-state index < -0.39 is 15.2 Å². The Morgan fingerprint density at radius 2 is 0.878 bits per heavy atom. The molecule has 0 spiro atoms. The van der Waals surface area contributed by atoms with Gasteiger partial charge in [0.15, 0.2) is 6.17 Å². The van der Waals surface area contributed by atoms with Crippen LogP contribution in [-0.4, -0.2) is 26.8 Å². The van der Waals surface area contributed by atoms with Gasteiger partial charge >= 0.3 is 29.6 Å². The van der Waals surface area contributed by atoms with Crippen LogP contribution in [0.2, 0.25) is 0 Å². The van der Waals surface area contributed by atoms with Gasteiger partial charge in [-0.2, -0.15) is 10.2 Å². The van der Waals surface area contributed by atoms with E-state index in [0.717, 1.165) is 0 Å². The van der Waals surface area contributed by atoms with Crippen molar-refractivity contribution in [3.05, 3.63) is 188 Å². The van der Waals surface area contributed by atoms with Crippen LogP contribution in [0.5, 0.6) is 0 Å². The van der Waals surface area contributed by atoms with Crippen molar-refractivity contribution in [1.82, 2.24) is 19.6 Å². The zero-order valence-corrected chi connectivity index (χ0v) is 29.3. The van der Waals surface area contributed by atoms with E-state index in [4.69, 9.17) is 0 Å². The minimum absolute atomic E-state index is 0. The summed E-state index contributed by atoms with van der Waals surface area (Å²) in [5.41, 5.74) is 1.17. The van der Waals surface area contributed by atoms with E-state index in [-0.39, 0.29) is 28.5 Å². The summed E-state index contributed by atoms with van der Waals surface area (Å²) in [6, 6.07) is 55.2. The third kappa shape index (κ3) is 11.7. The normalized spacial score (nSPS) is 10.7. The SMILES string of the molecule is F[B-](F)(F)F.[Ag+].c1ccc(Sc2ccccc2C(n2cccn2)n2cccn2)cc1.c1ccc([PH+](c2ccccc2)c2ccccc2)cc1. The Bertz CT molecular complexity index is 1770. The standard InChI is InChI=1S/C19H16N4S.C18H15P.Ag.BF4/c1-2-8-16(9-3-1)24-18-11-5-4-10-17(18)19(22-14-6-12-20-22)23-15-7-13-21-23;1-4-10-16(11-5-1)19(17-12-6-2-7-13-17)18-14-8-3-9-15-18;;2-1(3,4)5/h1-15,19H;1-15H;;/q;;+1;-1/p+1. The van der Waals surface area contributed by atoms with Gasteiger partial charge in [0.05, 0.1) is 7.92 Å². The molecule has 0 aliphatic heterocycles. The molecule has 7 aromatic rings. The van der Waals surface area contributed by atoms with Gasteiger partial charge in [-0.05, 0) is 66.7 Å². The molecule has 0 N–H and O–H groups in total. The van der Waals surface area contributed by atoms with Gasteiger partial charge in [-0.25, -0.2) is 9.36 Å². The van der Waals surface area contributed by atoms with Crippen molar-refractivity contribution in [2.75, 3.05) is 0 Å². The van der Waals surface area contributed by atoms with Gasteiger partial charge in [0.1, 0.15) is 15.9 Å². The van der Waals surface area contributed by atoms with Gasteiger partial charge in [0.2, 0.25) is 0 Å². The third-order valence-corrected chi connectivity index (χ3v) is 10.7. The molecule has 0 bridgehead atoms. The Labute approximate surface area is 304 Å². The predicted molar refractivity (Wildman–Crippen MR) is 192 cm³/mol. The number of rotatable bonds is 8. The second kappa shape index (κ2) is 19.1. The summed E-state index contributed by atoms with van der Waals surface area (Å²) in [5, 5.41) is 13.2. The van der Waals surface area contributed by atoms with Crippen LogP contribution in [0, 0.1) is 0 Å². The van der Waals surface area contributed by atoms with E-state index in [9.17, 15) is 17.3 Å². The fraction of sp³-hybridized carbons (Fsp3) is 0.0270. The zero-order valence-electron chi connectivity index (χ0n) is 26.0. The van der Waals surface area contributed by atoms with Crippen LogP contribution in [0.15, 0.2) is 192 Å². The number of halogens is 4. The third-order valence-electron chi connectivity index (χ3n) is 6.91. The van der Waals surface area contributed by atoms with Crippen molar-refractivity contribution in [1.29, 1.82) is 0 Å². The second-order valence-electron chi connectivity index (χ2n) is 10.3. The Hall–Kier alpha value is -4.17. The van der Waals surface area contributed by atoms with E-state index in [2.05, 4.69) is 150 Å². The summed E-state index contributed by atoms with van der Waals surface area (Å²) in [6.07, 6.45) is 7.42. The minimum Gasteiger partial charge on any atom is -0.418 e. The molecule has 0 saturated heterocycles. The van der Waals surface area contributed by atoms with Crippen molar-refractivity contribution in [2.24, 2.45) is 0 Å². The molecule has 2 aromatic heterocycles. The molecule has 2 heterocycles. The molecule has 7 rings (SSSR count). The molecule has 49 heavy (non-hydrogen) atoms. The Balaban J connectivity index is 0.000000195. The topological polar surface area (TPSA) is 35.6 Å². The minimum atomic E-state index is -6.00. The van der Waals surface area contributed by atoms with Crippen molar-refractivity contribution in [3.8, 4) is 0 Å². The van der Waals surface area contributed by atoms with Crippen LogP contribution in [0.25, 0.3) is 0 Å². The molecular weight excluding hydrogens is 758 g/mol. The maximum Gasteiger partial charge on any atom is 1.00 e. The average molecular weight is 790 g/mol. The van der Waals surface area contributed by atoms with Crippen LogP contribution in [-0.2, 0) is 22.4 Å². The first-order chi connectivity index (χ1) is 23.4. The summed E-state index contributed by atoms with van der Waals surface area (Å²) >= 11 is 1.75. The van der Waals surface area contributed by atoms with Crippen molar-refractivity contribution in [2.45, 2.75) is 16.0 Å². The summed E-state index contributed by atoms with van der Waals surface area (Å²) in [5.74, 6) is 0. The van der Waals surface area contributed by atoms with Crippen LogP contribution in [0.1, 0.15) is 11.7 Å². The molecule has 0 saturated carbocycles. The smallest absolute Gasteiger partial charge is 0.418 e. The van der Waals surface area contributed by atoms with E-state index >= 15 is 0 Å². The van der Waals surface area contributed by atoms with E-state index in [1.165, 1.54) is 31.3 Å². The summed E-state index contributed by atoms with van der Waals surface area (Å²) < 4.78 is 42.9. The fourth-order valence-electron chi connectivity index (χ4n) is 4.97. The molecule has 0 atom stereocenters. The maximum absolute atomic E-state index is 9.75. The number of nitrogens with zero attached hydrogens (tertiary/aromatic N) is 4. The molecule has 0 fully saturated rings. The maximum atomic E-state index is 9.75. The Kier molecular flexibility index (Phi) is 14.7.